The van der Waals surface area contributed by atoms with Crippen LogP contribution in [0.5, 0.6) is 5.75 Å². The number of carbonyl (C=O) groups is 1. The number of carbonyl (C=O) groups excluding carboxylic acids is 1. The fourth-order valence-corrected chi connectivity index (χ4v) is 2.21. The Labute approximate surface area is 134 Å². The Bertz CT molecular complexity index is 807. The van der Waals surface area contributed by atoms with Crippen LogP contribution in [0.1, 0.15) is 15.9 Å². The molecule has 3 rings (SSSR count). The van der Waals surface area contributed by atoms with Crippen LogP contribution in [0.4, 0.5) is 5.82 Å². The van der Waals surface area contributed by atoms with Crippen molar-refractivity contribution in [3.8, 4) is 16.9 Å². The van der Waals surface area contributed by atoms with E-state index in [-0.39, 0.29) is 11.7 Å². The van der Waals surface area contributed by atoms with Gasteiger partial charge in [0.2, 0.25) is 0 Å². The van der Waals surface area contributed by atoms with Crippen molar-refractivity contribution in [1.82, 2.24) is 4.98 Å². The predicted molar refractivity (Wildman–Crippen MR) is 90.5 cm³/mol. The summed E-state index contributed by atoms with van der Waals surface area (Å²) in [4.78, 5) is 16.1. The predicted octanol–water partition coefficient (Wildman–Crippen LogP) is 4.01. The largest absolute Gasteiger partial charge is 0.506 e. The van der Waals surface area contributed by atoms with Gasteiger partial charge in [-0.2, -0.15) is 0 Å². The molecule has 3 aromatic rings. The lowest BCUT2D eigenvalue weighted by Gasteiger charge is -2.06. The Morgan fingerprint density at radius 2 is 1.52 bits per heavy atom. The van der Waals surface area contributed by atoms with E-state index in [4.69, 9.17) is 0 Å². The van der Waals surface area contributed by atoms with E-state index in [1.54, 1.807) is 18.2 Å². The summed E-state index contributed by atoms with van der Waals surface area (Å²) in [5.41, 5.74) is 3.94. The van der Waals surface area contributed by atoms with Crippen molar-refractivity contribution in [1.29, 1.82) is 0 Å². The summed E-state index contributed by atoms with van der Waals surface area (Å²) in [6, 6.07) is 18.7. The van der Waals surface area contributed by atoms with Crippen LogP contribution in [-0.4, -0.2) is 16.0 Å². The molecule has 2 aromatic carbocycles. The topological polar surface area (TPSA) is 62.2 Å². The number of hydrogen-bond acceptors (Lipinski definition) is 3. The second-order valence-corrected chi connectivity index (χ2v) is 5.30. The highest BCUT2D eigenvalue weighted by Gasteiger charge is 2.07. The van der Waals surface area contributed by atoms with Crippen molar-refractivity contribution < 1.29 is 9.90 Å². The van der Waals surface area contributed by atoms with Gasteiger partial charge in [-0.15, -0.1) is 0 Å². The Morgan fingerprint density at radius 1 is 0.913 bits per heavy atom. The zero-order valence-corrected chi connectivity index (χ0v) is 12.7. The number of nitrogens with one attached hydrogen (secondary N) is 1. The fourth-order valence-electron chi connectivity index (χ4n) is 2.21. The van der Waals surface area contributed by atoms with Crippen LogP contribution >= 0.6 is 0 Å². The molecule has 4 heteroatoms. The van der Waals surface area contributed by atoms with Gasteiger partial charge >= 0.3 is 0 Å². The van der Waals surface area contributed by atoms with Gasteiger partial charge in [0.05, 0.1) is 6.20 Å². The van der Waals surface area contributed by atoms with E-state index < -0.39 is 0 Å². The molecule has 1 heterocycles. The number of hydrogen-bond donors (Lipinski definition) is 2. The maximum atomic E-state index is 12.2. The maximum Gasteiger partial charge on any atom is 0.256 e. The first-order valence-electron chi connectivity index (χ1n) is 7.25. The third-order valence-electron chi connectivity index (χ3n) is 3.52. The molecule has 0 unspecified atom stereocenters. The van der Waals surface area contributed by atoms with E-state index in [0.29, 0.717) is 11.4 Å². The Morgan fingerprint density at radius 3 is 2.09 bits per heavy atom. The molecule has 0 aliphatic carbocycles. The van der Waals surface area contributed by atoms with Gasteiger partial charge in [0.15, 0.2) is 0 Å². The van der Waals surface area contributed by atoms with Gasteiger partial charge < -0.3 is 10.4 Å². The molecule has 23 heavy (non-hydrogen) atoms. The Balaban J connectivity index is 1.74. The van der Waals surface area contributed by atoms with E-state index in [2.05, 4.69) is 41.5 Å². The summed E-state index contributed by atoms with van der Waals surface area (Å²) < 4.78 is 0. The maximum absolute atomic E-state index is 12.2. The third kappa shape index (κ3) is 3.55. The molecule has 114 valence electrons. The van der Waals surface area contributed by atoms with Crippen molar-refractivity contribution >= 4 is 11.7 Å². The normalized spacial score (nSPS) is 10.3. The number of nitrogens with zero attached hydrogens (tertiary/aromatic N) is 1. The van der Waals surface area contributed by atoms with E-state index in [1.807, 2.05) is 12.1 Å². The zero-order chi connectivity index (χ0) is 16.2. The first-order valence-corrected chi connectivity index (χ1v) is 7.25. The smallest absolute Gasteiger partial charge is 0.256 e. The summed E-state index contributed by atoms with van der Waals surface area (Å²) in [6.07, 6.45) is 1.29. The summed E-state index contributed by atoms with van der Waals surface area (Å²) in [5.74, 6) is 0.222. The molecular weight excluding hydrogens is 288 g/mol. The lowest BCUT2D eigenvalue weighted by atomic mass is 10.0. The molecule has 0 saturated heterocycles. The van der Waals surface area contributed by atoms with E-state index in [9.17, 15) is 9.90 Å². The van der Waals surface area contributed by atoms with Crippen LogP contribution in [0, 0.1) is 6.92 Å². The molecule has 0 atom stereocenters. The number of aryl methyl sites for hydroxylation is 1. The molecule has 0 spiro atoms. The highest BCUT2D eigenvalue weighted by molar-refractivity contribution is 6.04. The molecule has 0 saturated carbocycles. The minimum absolute atomic E-state index is 0.0606. The van der Waals surface area contributed by atoms with Crippen LogP contribution in [0.2, 0.25) is 0 Å². The van der Waals surface area contributed by atoms with Gasteiger partial charge in [-0.3, -0.25) is 4.79 Å². The fraction of sp³-hybridized carbons (Fsp3) is 0.0526. The standard InChI is InChI=1S/C19H16N2O2/c1-13-2-4-14(5-3-13)15-6-8-16(9-7-15)19(23)21-18-11-10-17(22)12-20-18/h2-12,22H,1H3,(H,20,21,23). The van der Waals surface area contributed by atoms with E-state index in [0.717, 1.165) is 11.1 Å². The zero-order valence-electron chi connectivity index (χ0n) is 12.7. The van der Waals surface area contributed by atoms with Crippen LogP contribution in [-0.2, 0) is 0 Å². The molecule has 0 fully saturated rings. The summed E-state index contributed by atoms with van der Waals surface area (Å²) in [7, 11) is 0. The van der Waals surface area contributed by atoms with Crippen LogP contribution < -0.4 is 5.32 Å². The molecule has 1 amide bonds. The van der Waals surface area contributed by atoms with Crippen LogP contribution in [0.15, 0.2) is 66.9 Å². The number of amides is 1. The van der Waals surface area contributed by atoms with Crippen molar-refractivity contribution in [2.45, 2.75) is 6.92 Å². The van der Waals surface area contributed by atoms with E-state index in [1.165, 1.54) is 17.8 Å². The molecule has 0 radical (unpaired) electrons. The Hall–Kier alpha value is -3.14. The highest BCUT2D eigenvalue weighted by Crippen LogP contribution is 2.20. The number of rotatable bonds is 3. The van der Waals surface area contributed by atoms with Gasteiger partial charge in [-0.25, -0.2) is 4.98 Å². The molecular formula is C19H16N2O2. The third-order valence-corrected chi connectivity index (χ3v) is 3.52. The highest BCUT2D eigenvalue weighted by atomic mass is 16.3. The van der Waals surface area contributed by atoms with Crippen LogP contribution in [0.25, 0.3) is 11.1 Å². The lowest BCUT2D eigenvalue weighted by molar-refractivity contribution is 0.102. The summed E-state index contributed by atoms with van der Waals surface area (Å²) in [6.45, 7) is 2.05. The number of aromatic nitrogens is 1. The van der Waals surface area contributed by atoms with Gasteiger partial charge in [0, 0.05) is 5.56 Å². The van der Waals surface area contributed by atoms with E-state index >= 15 is 0 Å². The minimum atomic E-state index is -0.237. The van der Waals surface area contributed by atoms with Gasteiger partial charge in [-0.1, -0.05) is 42.0 Å². The van der Waals surface area contributed by atoms with Crippen molar-refractivity contribution in [2.75, 3.05) is 5.32 Å². The average molecular weight is 304 g/mol. The second-order valence-electron chi connectivity index (χ2n) is 5.30. The second kappa shape index (κ2) is 6.32. The molecule has 0 aliphatic rings. The number of benzene rings is 2. The first-order chi connectivity index (χ1) is 11.1. The number of anilines is 1. The Kier molecular flexibility index (Phi) is 4.06. The van der Waals surface area contributed by atoms with Crippen molar-refractivity contribution in [2.24, 2.45) is 0 Å². The SMILES string of the molecule is Cc1ccc(-c2ccc(C(=O)Nc3ccc(O)cn3)cc2)cc1. The van der Waals surface area contributed by atoms with Gasteiger partial charge in [0.1, 0.15) is 11.6 Å². The van der Waals surface area contributed by atoms with Gasteiger partial charge in [-0.05, 0) is 42.3 Å². The number of aromatic hydroxyl groups is 1. The quantitative estimate of drug-likeness (QED) is 0.768. The number of pyridine rings is 1. The van der Waals surface area contributed by atoms with Crippen molar-refractivity contribution in [3.05, 3.63) is 78.0 Å². The molecule has 1 aromatic heterocycles. The lowest BCUT2D eigenvalue weighted by Crippen LogP contribution is -2.12. The molecule has 4 nitrogen and oxygen atoms in total. The van der Waals surface area contributed by atoms with Crippen LogP contribution in [0.3, 0.4) is 0 Å². The van der Waals surface area contributed by atoms with Gasteiger partial charge in [0.25, 0.3) is 5.91 Å². The van der Waals surface area contributed by atoms with Crippen molar-refractivity contribution in [3.63, 3.8) is 0 Å². The molecule has 2 N–H and O–H groups in total. The molecule has 0 aliphatic heterocycles. The first kappa shape index (κ1) is 14.8. The summed E-state index contributed by atoms with van der Waals surface area (Å²) in [5, 5.41) is 11.9. The molecule has 0 bridgehead atoms. The monoisotopic (exact) mass is 304 g/mol. The summed E-state index contributed by atoms with van der Waals surface area (Å²) >= 11 is 0. The minimum Gasteiger partial charge on any atom is -0.506 e. The average Bonchev–Trinajstić information content (AvgIpc) is 2.58.